The third-order valence-electron chi connectivity index (χ3n) is 9.33. The van der Waals surface area contributed by atoms with Crippen molar-refractivity contribution in [3.8, 4) is 11.5 Å². The van der Waals surface area contributed by atoms with E-state index in [-0.39, 0.29) is 0 Å². The van der Waals surface area contributed by atoms with E-state index in [9.17, 15) is 0 Å². The second-order valence-corrected chi connectivity index (χ2v) is 13.5. The molecule has 0 saturated heterocycles. The van der Waals surface area contributed by atoms with Crippen molar-refractivity contribution >= 4 is 62.9 Å². The van der Waals surface area contributed by atoms with Crippen LogP contribution in [-0.2, 0) is 0 Å². The maximum Gasteiger partial charge on any atom is 0.151 e. The van der Waals surface area contributed by atoms with E-state index < -0.39 is 0 Å². The molecule has 3 aliphatic rings. The maximum absolute atomic E-state index is 5.81. The molecule has 6 heteroatoms. The molecule has 0 fully saturated rings. The van der Waals surface area contributed by atoms with Crippen molar-refractivity contribution in [2.24, 2.45) is 0 Å². The van der Waals surface area contributed by atoms with Gasteiger partial charge in [-0.05, 0) is 84.9 Å². The van der Waals surface area contributed by atoms with Crippen LogP contribution in [0.5, 0.6) is 11.5 Å². The van der Waals surface area contributed by atoms with E-state index in [1.54, 1.807) is 0 Å². The van der Waals surface area contributed by atoms with Gasteiger partial charge in [-0.25, -0.2) is 0 Å². The number of anilines is 9. The molecule has 0 aliphatic carbocycles. The van der Waals surface area contributed by atoms with Crippen LogP contribution in [0.15, 0.2) is 186 Å². The number of benzene rings is 7. The molecular weight excluding hydrogens is 645 g/mol. The molecule has 3 heterocycles. The van der Waals surface area contributed by atoms with Crippen LogP contribution in [0.25, 0.3) is 0 Å². The van der Waals surface area contributed by atoms with Gasteiger partial charge < -0.3 is 24.3 Å². The largest absolute Gasteiger partial charge is 0.453 e. The molecule has 10 rings (SSSR count). The number of hydrogen-bond acceptors (Lipinski definition) is 6. The van der Waals surface area contributed by atoms with Gasteiger partial charge in [0.05, 0.1) is 45.5 Å². The molecule has 7 aromatic carbocycles. The first-order chi connectivity index (χ1) is 25.1. The van der Waals surface area contributed by atoms with Crippen molar-refractivity contribution in [3.63, 3.8) is 0 Å². The Balaban J connectivity index is 0.000000112. The lowest BCUT2D eigenvalue weighted by atomic mass is 10.1. The van der Waals surface area contributed by atoms with Crippen LogP contribution in [0, 0.1) is 0 Å². The van der Waals surface area contributed by atoms with Crippen molar-refractivity contribution in [2.75, 3.05) is 40.7 Å². The smallest absolute Gasteiger partial charge is 0.151 e. The zero-order valence-electron chi connectivity index (χ0n) is 28.8. The van der Waals surface area contributed by atoms with Gasteiger partial charge >= 0.3 is 0 Å². The first kappa shape index (κ1) is 32.1. The summed E-state index contributed by atoms with van der Waals surface area (Å²) in [6.07, 6.45) is 0. The minimum atomic E-state index is 0.915. The molecular formula is C45H38N4OS. The predicted molar refractivity (Wildman–Crippen MR) is 215 cm³/mol. The van der Waals surface area contributed by atoms with Crippen LogP contribution >= 0.6 is 11.8 Å². The predicted octanol–water partition coefficient (Wildman–Crippen LogP) is 12.7. The SMILES string of the molecule is CN1c2ccccc2N(c2ccccc2)c2ccccc21.CN1c2ccccc2Oc2ccccc21.CN1c2ccccc2Sc2ccccc21. The molecule has 0 atom stereocenters. The lowest BCUT2D eigenvalue weighted by Gasteiger charge is -2.38. The standard InChI is InChI=1S/C19H16N2.C13H11NO.C13H11NS/c1-20-16-11-5-7-13-18(16)21(15-9-3-2-4-10-15)19-14-8-6-12-17(19)20;2*1-14-10-6-2-4-8-12(10)15-13-9-5-3-7-11(13)14/h2-14H,1H3;2*2-9H,1H3. The molecule has 0 amide bonds. The third kappa shape index (κ3) is 6.15. The number of fused-ring (bicyclic) bond motifs is 6. The molecule has 0 unspecified atom stereocenters. The van der Waals surface area contributed by atoms with Crippen molar-refractivity contribution in [2.45, 2.75) is 9.79 Å². The monoisotopic (exact) mass is 682 g/mol. The maximum atomic E-state index is 5.81. The quantitative estimate of drug-likeness (QED) is 0.171. The van der Waals surface area contributed by atoms with Gasteiger partial charge in [0.15, 0.2) is 11.5 Å². The van der Waals surface area contributed by atoms with Crippen LogP contribution in [0.4, 0.5) is 51.2 Å². The van der Waals surface area contributed by atoms with Crippen LogP contribution < -0.4 is 24.3 Å². The van der Waals surface area contributed by atoms with E-state index in [4.69, 9.17) is 4.74 Å². The lowest BCUT2D eigenvalue weighted by molar-refractivity contribution is 0.475. The molecule has 0 N–H and O–H groups in total. The van der Waals surface area contributed by atoms with E-state index in [1.807, 2.05) is 48.2 Å². The highest BCUT2D eigenvalue weighted by atomic mass is 32.2. The average Bonchev–Trinajstić information content (AvgIpc) is 3.19. The second kappa shape index (κ2) is 14.0. The van der Waals surface area contributed by atoms with Gasteiger partial charge in [0, 0.05) is 36.6 Å². The summed E-state index contributed by atoms with van der Waals surface area (Å²) in [6, 6.07) is 60.7. The zero-order valence-corrected chi connectivity index (χ0v) is 29.7. The number of nitrogens with zero attached hydrogens (tertiary/aromatic N) is 4. The summed E-state index contributed by atoms with van der Waals surface area (Å²) < 4.78 is 5.81. The van der Waals surface area contributed by atoms with Crippen molar-refractivity contribution in [3.05, 3.63) is 176 Å². The highest BCUT2D eigenvalue weighted by Gasteiger charge is 2.26. The zero-order chi connectivity index (χ0) is 34.7. The Hall–Kier alpha value is -6.11. The number of para-hydroxylation sites is 11. The lowest BCUT2D eigenvalue weighted by Crippen LogP contribution is -2.23. The van der Waals surface area contributed by atoms with Gasteiger partial charge in [-0.15, -0.1) is 0 Å². The topological polar surface area (TPSA) is 22.2 Å². The van der Waals surface area contributed by atoms with Crippen molar-refractivity contribution in [1.29, 1.82) is 0 Å². The molecule has 250 valence electrons. The summed E-state index contributed by atoms with van der Waals surface area (Å²) in [4.78, 5) is 11.6. The summed E-state index contributed by atoms with van der Waals surface area (Å²) in [5, 5.41) is 0. The van der Waals surface area contributed by atoms with Crippen LogP contribution in [0.3, 0.4) is 0 Å². The highest BCUT2D eigenvalue weighted by molar-refractivity contribution is 7.99. The molecule has 51 heavy (non-hydrogen) atoms. The minimum Gasteiger partial charge on any atom is -0.453 e. The summed E-state index contributed by atoms with van der Waals surface area (Å²) >= 11 is 1.84. The van der Waals surface area contributed by atoms with E-state index >= 15 is 0 Å². The van der Waals surface area contributed by atoms with Crippen LogP contribution in [0.2, 0.25) is 0 Å². The molecule has 5 nitrogen and oxygen atoms in total. The molecule has 0 spiro atoms. The summed E-state index contributed by atoms with van der Waals surface area (Å²) in [5.74, 6) is 1.83. The van der Waals surface area contributed by atoms with E-state index in [0.29, 0.717) is 0 Å². The second-order valence-electron chi connectivity index (χ2n) is 12.4. The highest BCUT2D eigenvalue weighted by Crippen LogP contribution is 2.50. The van der Waals surface area contributed by atoms with Crippen molar-refractivity contribution in [1.82, 2.24) is 0 Å². The van der Waals surface area contributed by atoms with Gasteiger partial charge in [0.1, 0.15) is 0 Å². The van der Waals surface area contributed by atoms with Gasteiger partial charge in [0.2, 0.25) is 0 Å². The Kier molecular flexibility index (Phi) is 8.83. The summed E-state index contributed by atoms with van der Waals surface area (Å²) in [6.45, 7) is 0. The van der Waals surface area contributed by atoms with Gasteiger partial charge in [-0.1, -0.05) is 103 Å². The van der Waals surface area contributed by atoms with E-state index in [2.05, 4.69) is 180 Å². The minimum absolute atomic E-state index is 0.915. The van der Waals surface area contributed by atoms with Crippen LogP contribution in [-0.4, -0.2) is 21.1 Å². The van der Waals surface area contributed by atoms with Gasteiger partial charge in [0.25, 0.3) is 0 Å². The third-order valence-corrected chi connectivity index (χ3v) is 10.5. The Morgan fingerprint density at radius 2 is 0.667 bits per heavy atom. The van der Waals surface area contributed by atoms with Gasteiger partial charge in [-0.3, -0.25) is 0 Å². The first-order valence-corrected chi connectivity index (χ1v) is 17.9. The normalized spacial score (nSPS) is 12.9. The summed E-state index contributed by atoms with van der Waals surface area (Å²) in [5.41, 5.74) is 10.9. The van der Waals surface area contributed by atoms with E-state index in [1.165, 1.54) is 49.6 Å². The number of rotatable bonds is 1. The van der Waals surface area contributed by atoms with E-state index in [0.717, 1.165) is 22.9 Å². The fourth-order valence-corrected chi connectivity index (χ4v) is 7.92. The summed E-state index contributed by atoms with van der Waals surface area (Å²) in [7, 11) is 6.30. The van der Waals surface area contributed by atoms with Crippen LogP contribution in [0.1, 0.15) is 0 Å². The Labute approximate surface area is 304 Å². The number of ether oxygens (including phenoxy) is 1. The Bertz CT molecular complexity index is 2080. The van der Waals surface area contributed by atoms with Crippen molar-refractivity contribution < 1.29 is 4.74 Å². The molecule has 0 saturated carbocycles. The van der Waals surface area contributed by atoms with Gasteiger partial charge in [-0.2, -0.15) is 0 Å². The molecule has 0 bridgehead atoms. The molecule has 0 aromatic heterocycles. The molecule has 3 aliphatic heterocycles. The number of hydrogen-bond donors (Lipinski definition) is 0. The average molecular weight is 683 g/mol. The Morgan fingerprint density at radius 3 is 1.16 bits per heavy atom. The molecule has 7 aromatic rings. The fraction of sp³-hybridized carbons (Fsp3) is 0.0667. The first-order valence-electron chi connectivity index (χ1n) is 17.0. The Morgan fingerprint density at radius 1 is 0.333 bits per heavy atom. The molecule has 0 radical (unpaired) electrons. The fourth-order valence-electron chi connectivity index (χ4n) is 6.77.